The largest absolute Gasteiger partial charge is 0.353 e. The smallest absolute Gasteiger partial charge is 0.158 e. The Morgan fingerprint density at radius 2 is 1.81 bits per heavy atom. The van der Waals surface area contributed by atoms with E-state index < -0.39 is 0 Å². The Balaban J connectivity index is 3.85. The van der Waals surface area contributed by atoms with Crippen LogP contribution in [0.25, 0.3) is 0 Å². The van der Waals surface area contributed by atoms with E-state index in [1.807, 2.05) is 20.9 Å². The van der Waals surface area contributed by atoms with Gasteiger partial charge in [0.05, 0.1) is 12.5 Å². The van der Waals surface area contributed by atoms with Crippen LogP contribution in [0.1, 0.15) is 33.6 Å². The van der Waals surface area contributed by atoms with E-state index in [2.05, 4.69) is 17.9 Å². The summed E-state index contributed by atoms with van der Waals surface area (Å²) in [4.78, 5) is 2.16. The van der Waals surface area contributed by atoms with Gasteiger partial charge in [-0.3, -0.25) is 0 Å². The van der Waals surface area contributed by atoms with Crippen LogP contribution in [0, 0.1) is 11.3 Å². The second kappa shape index (κ2) is 9.59. The van der Waals surface area contributed by atoms with Gasteiger partial charge in [-0.25, -0.2) is 0 Å². The summed E-state index contributed by atoms with van der Waals surface area (Å²) in [5, 5.41) is 8.61. The Kier molecular flexibility index (Phi) is 9.21. The van der Waals surface area contributed by atoms with E-state index in [9.17, 15) is 0 Å². The second-order valence-corrected chi connectivity index (χ2v) is 3.82. The van der Waals surface area contributed by atoms with Crippen LogP contribution in [0.5, 0.6) is 0 Å². The fraction of sp³-hybridized carbons (Fsp3) is 0.917. The van der Waals surface area contributed by atoms with Gasteiger partial charge in [-0.1, -0.05) is 0 Å². The predicted octanol–water partition coefficient (Wildman–Crippen LogP) is 2.01. The van der Waals surface area contributed by atoms with Gasteiger partial charge in [0.1, 0.15) is 0 Å². The van der Waals surface area contributed by atoms with Crippen LogP contribution >= 0.6 is 0 Å². The van der Waals surface area contributed by atoms with Crippen molar-refractivity contribution in [1.82, 2.24) is 4.90 Å². The average molecular weight is 228 g/mol. The molecule has 0 saturated heterocycles. The fourth-order valence-electron chi connectivity index (χ4n) is 1.40. The highest BCUT2D eigenvalue weighted by Crippen LogP contribution is 2.06. The third-order valence-electron chi connectivity index (χ3n) is 2.56. The normalized spacial score (nSPS) is 13.1. The van der Waals surface area contributed by atoms with Gasteiger partial charge < -0.3 is 14.4 Å². The number of rotatable bonds is 9. The Hall–Kier alpha value is -0.630. The summed E-state index contributed by atoms with van der Waals surface area (Å²) in [5.41, 5.74) is 0. The van der Waals surface area contributed by atoms with Gasteiger partial charge in [0.25, 0.3) is 0 Å². The summed E-state index contributed by atoms with van der Waals surface area (Å²) in [5.74, 6) is 0. The minimum Gasteiger partial charge on any atom is -0.353 e. The molecule has 4 nitrogen and oxygen atoms in total. The topological polar surface area (TPSA) is 45.5 Å². The molecule has 0 amide bonds. The predicted molar refractivity (Wildman–Crippen MR) is 64.0 cm³/mol. The molecule has 0 aliphatic heterocycles. The molecule has 0 radical (unpaired) electrons. The summed E-state index contributed by atoms with van der Waals surface area (Å²) in [7, 11) is 2.02. The second-order valence-electron chi connectivity index (χ2n) is 3.82. The average Bonchev–Trinajstić information content (AvgIpc) is 2.26. The third-order valence-corrected chi connectivity index (χ3v) is 2.56. The first-order valence-electron chi connectivity index (χ1n) is 5.96. The van der Waals surface area contributed by atoms with Gasteiger partial charge in [-0.2, -0.15) is 5.26 Å². The van der Waals surface area contributed by atoms with Gasteiger partial charge in [-0.05, 0) is 27.8 Å². The lowest BCUT2D eigenvalue weighted by molar-refractivity contribution is -0.141. The molecule has 0 fully saturated rings. The molecule has 0 bridgehead atoms. The Bertz CT molecular complexity index is 198. The van der Waals surface area contributed by atoms with Crippen molar-refractivity contribution in [3.63, 3.8) is 0 Å². The lowest BCUT2D eigenvalue weighted by Gasteiger charge is -2.25. The molecule has 4 heteroatoms. The van der Waals surface area contributed by atoms with Crippen LogP contribution in [0.2, 0.25) is 0 Å². The molecule has 94 valence electrons. The molecule has 0 aromatic carbocycles. The highest BCUT2D eigenvalue weighted by atomic mass is 16.7. The van der Waals surface area contributed by atoms with E-state index in [0.717, 1.165) is 13.0 Å². The van der Waals surface area contributed by atoms with Crippen LogP contribution in [0.3, 0.4) is 0 Å². The molecule has 0 aromatic heterocycles. The minimum absolute atomic E-state index is 0.119. The molecule has 0 rings (SSSR count). The van der Waals surface area contributed by atoms with E-state index >= 15 is 0 Å². The van der Waals surface area contributed by atoms with Crippen molar-refractivity contribution >= 4 is 0 Å². The number of nitriles is 1. The maximum Gasteiger partial charge on any atom is 0.158 e. The highest BCUT2D eigenvalue weighted by Gasteiger charge is 2.12. The van der Waals surface area contributed by atoms with Gasteiger partial charge >= 0.3 is 0 Å². The quantitative estimate of drug-likeness (QED) is 0.566. The molecule has 0 aliphatic rings. The molecule has 0 saturated carbocycles. The first-order chi connectivity index (χ1) is 7.65. The van der Waals surface area contributed by atoms with Crippen LogP contribution in [-0.4, -0.2) is 44.0 Å². The van der Waals surface area contributed by atoms with Crippen molar-refractivity contribution in [2.24, 2.45) is 0 Å². The van der Waals surface area contributed by atoms with Gasteiger partial charge in [-0.15, -0.1) is 0 Å². The van der Waals surface area contributed by atoms with Crippen molar-refractivity contribution in [3.8, 4) is 6.07 Å². The Morgan fingerprint density at radius 1 is 1.25 bits per heavy atom. The van der Waals surface area contributed by atoms with Gasteiger partial charge in [0.15, 0.2) is 6.29 Å². The van der Waals surface area contributed by atoms with Crippen LogP contribution < -0.4 is 0 Å². The van der Waals surface area contributed by atoms with Crippen LogP contribution in [0.4, 0.5) is 0 Å². The van der Waals surface area contributed by atoms with E-state index in [1.54, 1.807) is 0 Å². The molecule has 0 aliphatic carbocycles. The van der Waals surface area contributed by atoms with E-state index in [4.69, 9.17) is 14.7 Å². The number of nitrogens with zero attached hydrogens (tertiary/aromatic N) is 2. The summed E-state index contributed by atoms with van der Waals surface area (Å²) in [6.07, 6.45) is 1.28. The number of hydrogen-bond acceptors (Lipinski definition) is 4. The standard InChI is InChI=1S/C12H24N2O2/c1-5-15-12(16-6-2)8-10-14(4)11(3)7-9-13/h11-12H,5-8,10H2,1-4H3. The monoisotopic (exact) mass is 228 g/mol. The maximum absolute atomic E-state index is 8.61. The van der Waals surface area contributed by atoms with Gasteiger partial charge in [0.2, 0.25) is 0 Å². The SMILES string of the molecule is CCOC(CCN(C)C(C)CC#N)OCC. The summed E-state index contributed by atoms with van der Waals surface area (Å²) < 4.78 is 10.9. The maximum atomic E-state index is 8.61. The molecule has 1 unspecified atom stereocenters. The van der Waals surface area contributed by atoms with E-state index in [0.29, 0.717) is 19.6 Å². The van der Waals surface area contributed by atoms with Crippen LogP contribution in [-0.2, 0) is 9.47 Å². The highest BCUT2D eigenvalue weighted by molar-refractivity contribution is 4.78. The molecular weight excluding hydrogens is 204 g/mol. The molecule has 1 atom stereocenters. The molecule has 0 heterocycles. The first kappa shape index (κ1) is 15.4. The zero-order chi connectivity index (χ0) is 12.4. The van der Waals surface area contributed by atoms with Gasteiger partial charge in [0, 0.05) is 32.2 Å². The van der Waals surface area contributed by atoms with Crippen molar-refractivity contribution in [2.45, 2.75) is 45.9 Å². The summed E-state index contributed by atoms with van der Waals surface area (Å²) >= 11 is 0. The molecule has 0 N–H and O–H groups in total. The molecular formula is C12H24N2O2. The molecule has 0 spiro atoms. The fourth-order valence-corrected chi connectivity index (χ4v) is 1.40. The van der Waals surface area contributed by atoms with Crippen molar-refractivity contribution in [1.29, 1.82) is 5.26 Å². The molecule has 16 heavy (non-hydrogen) atoms. The zero-order valence-electron chi connectivity index (χ0n) is 10.9. The van der Waals surface area contributed by atoms with E-state index in [1.165, 1.54) is 0 Å². The van der Waals surface area contributed by atoms with Crippen molar-refractivity contribution in [3.05, 3.63) is 0 Å². The Labute approximate surface area is 99.1 Å². The number of hydrogen-bond donors (Lipinski definition) is 0. The summed E-state index contributed by atoms with van der Waals surface area (Å²) in [6, 6.07) is 2.47. The summed E-state index contributed by atoms with van der Waals surface area (Å²) in [6.45, 7) is 8.21. The Morgan fingerprint density at radius 3 is 2.25 bits per heavy atom. The van der Waals surface area contributed by atoms with E-state index in [-0.39, 0.29) is 12.3 Å². The number of ether oxygens (including phenoxy) is 2. The zero-order valence-corrected chi connectivity index (χ0v) is 10.9. The van der Waals surface area contributed by atoms with Crippen molar-refractivity contribution in [2.75, 3.05) is 26.8 Å². The minimum atomic E-state index is -0.119. The van der Waals surface area contributed by atoms with Crippen molar-refractivity contribution < 1.29 is 9.47 Å². The lowest BCUT2D eigenvalue weighted by Crippen LogP contribution is -2.32. The van der Waals surface area contributed by atoms with Crippen LogP contribution in [0.15, 0.2) is 0 Å². The lowest BCUT2D eigenvalue weighted by atomic mass is 10.2. The first-order valence-corrected chi connectivity index (χ1v) is 5.96. The molecule has 0 aromatic rings. The third kappa shape index (κ3) is 6.78.